The van der Waals surface area contributed by atoms with E-state index in [1.807, 2.05) is 4.90 Å². The van der Waals surface area contributed by atoms with Crippen LogP contribution < -0.4 is 4.90 Å². The Bertz CT molecular complexity index is 583. The van der Waals surface area contributed by atoms with Crippen LogP contribution in [0.4, 0.5) is 5.82 Å². The second-order valence-corrected chi connectivity index (χ2v) is 6.43. The van der Waals surface area contributed by atoms with Gasteiger partial charge in [0.2, 0.25) is 5.91 Å². The minimum atomic E-state index is 0.0578. The van der Waals surface area contributed by atoms with E-state index in [1.54, 1.807) is 23.1 Å². The lowest BCUT2D eigenvalue weighted by Gasteiger charge is -2.26. The van der Waals surface area contributed by atoms with Crippen LogP contribution in [0.15, 0.2) is 36.5 Å². The Morgan fingerprint density at radius 3 is 2.62 bits per heavy atom. The van der Waals surface area contributed by atoms with Crippen molar-refractivity contribution in [2.45, 2.75) is 5.16 Å². The smallest absolute Gasteiger partial charge is 0.233 e. The SMILES string of the molecule is C=CCN(CC=C)c1cc(Cl)nc(SCC(=O)N2CCOCC2)n1. The first-order valence-corrected chi connectivity index (χ1v) is 9.00. The van der Waals surface area contributed by atoms with Crippen molar-refractivity contribution in [2.24, 2.45) is 0 Å². The molecule has 0 N–H and O–H groups in total. The number of hydrogen-bond acceptors (Lipinski definition) is 6. The third-order valence-electron chi connectivity index (χ3n) is 3.37. The molecule has 130 valence electrons. The molecule has 0 aliphatic carbocycles. The first kappa shape index (κ1) is 18.8. The average molecular weight is 369 g/mol. The third kappa shape index (κ3) is 5.51. The molecule has 24 heavy (non-hydrogen) atoms. The van der Waals surface area contributed by atoms with E-state index >= 15 is 0 Å². The van der Waals surface area contributed by atoms with Crippen molar-refractivity contribution in [1.29, 1.82) is 0 Å². The maximum absolute atomic E-state index is 12.2. The number of aromatic nitrogens is 2. The maximum atomic E-state index is 12.2. The average Bonchev–Trinajstić information content (AvgIpc) is 2.60. The predicted octanol–water partition coefficient (Wildman–Crippen LogP) is 2.26. The highest BCUT2D eigenvalue weighted by Crippen LogP contribution is 2.22. The highest BCUT2D eigenvalue weighted by molar-refractivity contribution is 7.99. The van der Waals surface area contributed by atoms with Gasteiger partial charge >= 0.3 is 0 Å². The van der Waals surface area contributed by atoms with E-state index in [2.05, 4.69) is 23.1 Å². The molecule has 1 saturated heterocycles. The second-order valence-electron chi connectivity index (χ2n) is 5.10. The van der Waals surface area contributed by atoms with Crippen LogP contribution in [-0.4, -0.2) is 65.9 Å². The number of hydrogen-bond donors (Lipinski definition) is 0. The Morgan fingerprint density at radius 2 is 2.00 bits per heavy atom. The number of carbonyl (C=O) groups excluding carboxylic acids is 1. The lowest BCUT2D eigenvalue weighted by Crippen LogP contribution is -2.41. The number of morpholine rings is 1. The van der Waals surface area contributed by atoms with Gasteiger partial charge in [-0.05, 0) is 0 Å². The molecule has 0 bridgehead atoms. The van der Waals surface area contributed by atoms with Crippen molar-refractivity contribution in [3.05, 3.63) is 36.5 Å². The minimum absolute atomic E-state index is 0.0578. The predicted molar refractivity (Wildman–Crippen MR) is 97.8 cm³/mol. The summed E-state index contributed by atoms with van der Waals surface area (Å²) < 4.78 is 5.25. The monoisotopic (exact) mass is 368 g/mol. The fourth-order valence-corrected chi connectivity index (χ4v) is 3.20. The van der Waals surface area contributed by atoms with Gasteiger partial charge in [-0.1, -0.05) is 35.5 Å². The molecule has 1 aromatic heterocycles. The van der Waals surface area contributed by atoms with Crippen molar-refractivity contribution in [1.82, 2.24) is 14.9 Å². The zero-order chi connectivity index (χ0) is 17.4. The van der Waals surface area contributed by atoms with E-state index in [9.17, 15) is 4.79 Å². The summed E-state index contributed by atoms with van der Waals surface area (Å²) >= 11 is 7.39. The second kappa shape index (κ2) is 9.66. The van der Waals surface area contributed by atoms with Gasteiger partial charge in [0.25, 0.3) is 0 Å². The van der Waals surface area contributed by atoms with Gasteiger partial charge in [-0.25, -0.2) is 9.97 Å². The molecule has 1 aliphatic rings. The van der Waals surface area contributed by atoms with E-state index in [0.29, 0.717) is 55.5 Å². The largest absolute Gasteiger partial charge is 0.378 e. The first-order chi connectivity index (χ1) is 11.6. The minimum Gasteiger partial charge on any atom is -0.378 e. The normalized spacial score (nSPS) is 14.3. The van der Waals surface area contributed by atoms with Crippen LogP contribution in [0.2, 0.25) is 5.15 Å². The summed E-state index contributed by atoms with van der Waals surface area (Å²) in [6, 6.07) is 1.70. The molecular weight excluding hydrogens is 348 g/mol. The van der Waals surface area contributed by atoms with Gasteiger partial charge < -0.3 is 14.5 Å². The van der Waals surface area contributed by atoms with Gasteiger partial charge in [0.1, 0.15) is 11.0 Å². The molecule has 6 nitrogen and oxygen atoms in total. The number of nitrogens with zero attached hydrogens (tertiary/aromatic N) is 4. The number of carbonyl (C=O) groups is 1. The van der Waals surface area contributed by atoms with Crippen molar-refractivity contribution in [3.8, 4) is 0 Å². The van der Waals surface area contributed by atoms with Crippen molar-refractivity contribution < 1.29 is 9.53 Å². The van der Waals surface area contributed by atoms with E-state index in [0.717, 1.165) is 0 Å². The van der Waals surface area contributed by atoms with Crippen LogP contribution in [0, 0.1) is 0 Å². The van der Waals surface area contributed by atoms with Crippen LogP contribution in [0.5, 0.6) is 0 Å². The van der Waals surface area contributed by atoms with Crippen LogP contribution in [0.25, 0.3) is 0 Å². The molecule has 0 unspecified atom stereocenters. The Hall–Kier alpha value is -1.57. The van der Waals surface area contributed by atoms with Crippen molar-refractivity contribution in [3.63, 3.8) is 0 Å². The third-order valence-corrected chi connectivity index (χ3v) is 4.40. The molecule has 0 spiro atoms. The summed E-state index contributed by atoms with van der Waals surface area (Å²) in [4.78, 5) is 24.7. The first-order valence-electron chi connectivity index (χ1n) is 7.63. The van der Waals surface area contributed by atoms with Crippen LogP contribution >= 0.6 is 23.4 Å². The van der Waals surface area contributed by atoms with E-state index < -0.39 is 0 Å². The van der Waals surface area contributed by atoms with E-state index in [1.165, 1.54) is 11.8 Å². The fourth-order valence-electron chi connectivity index (χ4n) is 2.22. The highest BCUT2D eigenvalue weighted by Gasteiger charge is 2.18. The van der Waals surface area contributed by atoms with Crippen molar-refractivity contribution in [2.75, 3.05) is 50.0 Å². The summed E-state index contributed by atoms with van der Waals surface area (Å²) in [5.41, 5.74) is 0. The summed E-state index contributed by atoms with van der Waals surface area (Å²) in [5, 5.41) is 0.830. The van der Waals surface area contributed by atoms with Gasteiger partial charge in [0.15, 0.2) is 5.16 Å². The summed E-state index contributed by atoms with van der Waals surface area (Å²) in [6.45, 7) is 11.2. The van der Waals surface area contributed by atoms with Gasteiger partial charge in [-0.3, -0.25) is 4.79 Å². The van der Waals surface area contributed by atoms with E-state index in [-0.39, 0.29) is 11.7 Å². The van der Waals surface area contributed by atoms with Gasteiger partial charge in [-0.15, -0.1) is 13.2 Å². The highest BCUT2D eigenvalue weighted by atomic mass is 35.5. The summed E-state index contributed by atoms with van der Waals surface area (Å²) in [7, 11) is 0. The van der Waals surface area contributed by atoms with Gasteiger partial charge in [0, 0.05) is 32.2 Å². The summed E-state index contributed by atoms with van der Waals surface area (Å²) in [5.74, 6) is 1.03. The molecule has 0 aromatic carbocycles. The van der Waals surface area contributed by atoms with Gasteiger partial charge in [0.05, 0.1) is 19.0 Å². The number of amides is 1. The number of halogens is 1. The van der Waals surface area contributed by atoms with Crippen LogP contribution in [0.1, 0.15) is 0 Å². The number of rotatable bonds is 8. The molecular formula is C16H21ClN4O2S. The topological polar surface area (TPSA) is 58.6 Å². The molecule has 0 atom stereocenters. The van der Waals surface area contributed by atoms with Gasteiger partial charge in [-0.2, -0.15) is 0 Å². The van der Waals surface area contributed by atoms with Crippen LogP contribution in [0.3, 0.4) is 0 Å². The zero-order valence-electron chi connectivity index (χ0n) is 13.5. The molecule has 1 fully saturated rings. The molecule has 2 heterocycles. The Labute approximate surface area is 151 Å². The van der Waals surface area contributed by atoms with E-state index in [4.69, 9.17) is 16.3 Å². The molecule has 8 heteroatoms. The molecule has 0 saturated carbocycles. The molecule has 2 rings (SSSR count). The lowest BCUT2D eigenvalue weighted by atomic mass is 10.4. The molecule has 0 radical (unpaired) electrons. The molecule has 1 aromatic rings. The van der Waals surface area contributed by atoms with Crippen LogP contribution in [-0.2, 0) is 9.53 Å². The zero-order valence-corrected chi connectivity index (χ0v) is 15.1. The van der Waals surface area contributed by atoms with Crippen molar-refractivity contribution >= 4 is 35.1 Å². The number of anilines is 1. The standard InChI is InChI=1S/C16H21ClN4O2S/c1-3-5-20(6-4-2)14-11-13(17)18-16(19-14)24-12-15(22)21-7-9-23-10-8-21/h3-4,11H,1-2,5-10,12H2. The maximum Gasteiger partial charge on any atom is 0.233 e. The number of ether oxygens (including phenoxy) is 1. The fraction of sp³-hybridized carbons (Fsp3) is 0.438. The molecule has 1 amide bonds. The Balaban J connectivity index is 2.02. The molecule has 1 aliphatic heterocycles. The Morgan fingerprint density at radius 1 is 1.33 bits per heavy atom. The number of thioether (sulfide) groups is 1. The summed E-state index contributed by atoms with van der Waals surface area (Å²) in [6.07, 6.45) is 3.57. The quantitative estimate of drug-likeness (QED) is 0.303. The Kier molecular flexibility index (Phi) is 7.55. The lowest BCUT2D eigenvalue weighted by molar-refractivity contribution is -0.132.